The lowest BCUT2D eigenvalue weighted by Gasteiger charge is -2.15. The number of nitrogens with zero attached hydrogens (tertiary/aromatic N) is 1. The Bertz CT molecular complexity index is 680. The summed E-state index contributed by atoms with van der Waals surface area (Å²) in [7, 11) is 1.67. The maximum absolute atomic E-state index is 5.77. The first-order valence-corrected chi connectivity index (χ1v) is 8.64. The first kappa shape index (κ1) is 19.0. The average molecular weight is 340 g/mol. The maximum atomic E-state index is 5.77. The molecule has 0 bridgehead atoms. The number of pyridine rings is 1. The minimum absolute atomic E-state index is 0.377. The lowest BCUT2D eigenvalue weighted by atomic mass is 10.1. The summed E-state index contributed by atoms with van der Waals surface area (Å²) in [5, 5.41) is 3.55. The molecule has 1 atom stereocenters. The van der Waals surface area contributed by atoms with Gasteiger partial charge in [0.1, 0.15) is 6.61 Å². The molecule has 2 rings (SSSR count). The number of allylic oxidation sites excluding steroid dienone is 1. The molecule has 2 aromatic rings. The fourth-order valence-corrected chi connectivity index (χ4v) is 2.48. The van der Waals surface area contributed by atoms with Gasteiger partial charge in [0.2, 0.25) is 0 Å². The summed E-state index contributed by atoms with van der Waals surface area (Å²) in [5.74, 6) is 1.54. The van der Waals surface area contributed by atoms with Gasteiger partial charge >= 0.3 is 0 Å². The molecule has 0 amide bonds. The molecular weight excluding hydrogens is 312 g/mol. The van der Waals surface area contributed by atoms with E-state index < -0.39 is 0 Å². The Hall–Kier alpha value is -2.33. The number of rotatable bonds is 9. The van der Waals surface area contributed by atoms with Crippen LogP contribution < -0.4 is 14.8 Å². The quantitative estimate of drug-likeness (QED) is 0.696. The summed E-state index contributed by atoms with van der Waals surface area (Å²) in [6, 6.07) is 10.6. The Morgan fingerprint density at radius 1 is 1.12 bits per heavy atom. The smallest absolute Gasteiger partial charge is 0.161 e. The van der Waals surface area contributed by atoms with E-state index in [0.29, 0.717) is 12.6 Å². The summed E-state index contributed by atoms with van der Waals surface area (Å²) >= 11 is 0. The molecule has 1 aromatic carbocycles. The minimum atomic E-state index is 0.377. The van der Waals surface area contributed by atoms with E-state index in [-0.39, 0.29) is 0 Å². The molecule has 0 aliphatic heterocycles. The number of ether oxygens (including phenoxy) is 2. The topological polar surface area (TPSA) is 43.4 Å². The van der Waals surface area contributed by atoms with Crippen molar-refractivity contribution in [3.63, 3.8) is 0 Å². The molecule has 25 heavy (non-hydrogen) atoms. The van der Waals surface area contributed by atoms with Crippen LogP contribution in [0.4, 0.5) is 0 Å². The largest absolute Gasteiger partial charge is 0.493 e. The van der Waals surface area contributed by atoms with E-state index in [1.807, 2.05) is 24.5 Å². The van der Waals surface area contributed by atoms with Crippen LogP contribution in [0.15, 0.2) is 54.4 Å². The fraction of sp³-hybridized carbons (Fsp3) is 0.381. The molecule has 0 unspecified atom stereocenters. The molecule has 0 saturated carbocycles. The van der Waals surface area contributed by atoms with Gasteiger partial charge in [-0.1, -0.05) is 11.6 Å². The lowest BCUT2D eigenvalue weighted by molar-refractivity contribution is 0.325. The Morgan fingerprint density at radius 3 is 2.56 bits per heavy atom. The predicted molar refractivity (Wildman–Crippen MR) is 102 cm³/mol. The zero-order valence-corrected chi connectivity index (χ0v) is 15.6. The first-order valence-electron chi connectivity index (χ1n) is 8.64. The lowest BCUT2D eigenvalue weighted by Crippen LogP contribution is -2.27. The van der Waals surface area contributed by atoms with Crippen molar-refractivity contribution in [2.24, 2.45) is 0 Å². The zero-order valence-electron chi connectivity index (χ0n) is 15.6. The van der Waals surface area contributed by atoms with E-state index in [0.717, 1.165) is 24.5 Å². The average Bonchev–Trinajstić information content (AvgIpc) is 2.61. The van der Waals surface area contributed by atoms with Gasteiger partial charge in [0.05, 0.1) is 7.11 Å². The summed E-state index contributed by atoms with van der Waals surface area (Å²) in [5.41, 5.74) is 3.70. The van der Waals surface area contributed by atoms with Crippen LogP contribution in [-0.2, 0) is 13.0 Å². The van der Waals surface area contributed by atoms with Gasteiger partial charge < -0.3 is 14.8 Å². The number of aromatic nitrogens is 1. The summed E-state index contributed by atoms with van der Waals surface area (Å²) in [4.78, 5) is 4.05. The van der Waals surface area contributed by atoms with Crippen molar-refractivity contribution in [1.82, 2.24) is 10.3 Å². The van der Waals surface area contributed by atoms with Gasteiger partial charge in [-0.2, -0.15) is 0 Å². The molecule has 0 aliphatic rings. The van der Waals surface area contributed by atoms with Crippen LogP contribution in [-0.4, -0.2) is 24.7 Å². The molecule has 1 heterocycles. The van der Waals surface area contributed by atoms with Crippen molar-refractivity contribution in [3.8, 4) is 11.5 Å². The van der Waals surface area contributed by atoms with Crippen LogP contribution in [0, 0.1) is 0 Å². The van der Waals surface area contributed by atoms with E-state index in [9.17, 15) is 0 Å². The Morgan fingerprint density at radius 2 is 1.88 bits per heavy atom. The van der Waals surface area contributed by atoms with E-state index >= 15 is 0 Å². The molecule has 0 fully saturated rings. The summed E-state index contributed by atoms with van der Waals surface area (Å²) in [6.07, 6.45) is 6.70. The highest BCUT2D eigenvalue weighted by molar-refractivity contribution is 5.43. The van der Waals surface area contributed by atoms with Crippen LogP contribution >= 0.6 is 0 Å². The molecule has 134 valence electrons. The van der Waals surface area contributed by atoms with Crippen LogP contribution in [0.3, 0.4) is 0 Å². The van der Waals surface area contributed by atoms with E-state index in [1.54, 1.807) is 7.11 Å². The fourth-order valence-electron chi connectivity index (χ4n) is 2.48. The van der Waals surface area contributed by atoms with E-state index in [4.69, 9.17) is 9.47 Å². The highest BCUT2D eigenvalue weighted by Gasteiger charge is 2.07. The molecule has 0 radical (unpaired) electrons. The maximum Gasteiger partial charge on any atom is 0.161 e. The van der Waals surface area contributed by atoms with Gasteiger partial charge in [0.25, 0.3) is 0 Å². The number of hydrogen-bond donors (Lipinski definition) is 1. The second kappa shape index (κ2) is 9.84. The van der Waals surface area contributed by atoms with Crippen molar-refractivity contribution in [3.05, 3.63) is 65.5 Å². The molecule has 4 nitrogen and oxygen atoms in total. The minimum Gasteiger partial charge on any atom is -0.493 e. The molecule has 0 spiro atoms. The molecule has 0 aliphatic carbocycles. The number of nitrogens with one attached hydrogen (secondary N) is 1. The van der Waals surface area contributed by atoms with E-state index in [2.05, 4.69) is 55.3 Å². The van der Waals surface area contributed by atoms with Gasteiger partial charge in [-0.3, -0.25) is 4.98 Å². The second-order valence-electron chi connectivity index (χ2n) is 6.42. The van der Waals surface area contributed by atoms with Crippen molar-refractivity contribution in [1.29, 1.82) is 0 Å². The molecule has 1 aromatic heterocycles. The van der Waals surface area contributed by atoms with Crippen molar-refractivity contribution < 1.29 is 9.47 Å². The van der Waals surface area contributed by atoms with Gasteiger partial charge in [0.15, 0.2) is 11.5 Å². The highest BCUT2D eigenvalue weighted by atomic mass is 16.5. The van der Waals surface area contributed by atoms with Crippen LogP contribution in [0.25, 0.3) is 0 Å². The standard InChI is InChI=1S/C21H28N2O2/c1-16(2)9-12-25-20-6-5-19(14-21(20)24-4)15-23-17(3)13-18-7-10-22-11-8-18/h5-11,14,17,23H,12-13,15H2,1-4H3/t17-/m1/s1. The third-order valence-electron chi connectivity index (χ3n) is 3.90. The van der Waals surface area contributed by atoms with Crippen LogP contribution in [0.5, 0.6) is 11.5 Å². The number of methoxy groups -OCH3 is 1. The van der Waals surface area contributed by atoms with Crippen molar-refractivity contribution in [2.75, 3.05) is 13.7 Å². The summed E-state index contributed by atoms with van der Waals surface area (Å²) in [6.45, 7) is 7.65. The Kier molecular flexibility index (Phi) is 7.48. The second-order valence-corrected chi connectivity index (χ2v) is 6.42. The first-order chi connectivity index (χ1) is 12.1. The zero-order chi connectivity index (χ0) is 18.1. The summed E-state index contributed by atoms with van der Waals surface area (Å²) < 4.78 is 11.2. The van der Waals surface area contributed by atoms with Gasteiger partial charge in [-0.25, -0.2) is 0 Å². The van der Waals surface area contributed by atoms with Gasteiger partial charge in [-0.15, -0.1) is 0 Å². The van der Waals surface area contributed by atoms with Crippen LogP contribution in [0.2, 0.25) is 0 Å². The molecule has 4 heteroatoms. The van der Waals surface area contributed by atoms with Crippen LogP contribution in [0.1, 0.15) is 31.9 Å². The third-order valence-corrected chi connectivity index (χ3v) is 3.90. The molecule has 1 N–H and O–H groups in total. The monoisotopic (exact) mass is 340 g/mol. The highest BCUT2D eigenvalue weighted by Crippen LogP contribution is 2.28. The number of hydrogen-bond acceptors (Lipinski definition) is 4. The Balaban J connectivity index is 1.90. The SMILES string of the molecule is COc1cc(CN[C@H](C)Cc2ccncc2)ccc1OCC=C(C)C. The van der Waals surface area contributed by atoms with Crippen molar-refractivity contribution >= 4 is 0 Å². The van der Waals surface area contributed by atoms with Gasteiger partial charge in [0, 0.05) is 25.0 Å². The van der Waals surface area contributed by atoms with Gasteiger partial charge in [-0.05, 0) is 68.7 Å². The van der Waals surface area contributed by atoms with Crippen molar-refractivity contribution in [2.45, 2.75) is 39.8 Å². The number of benzene rings is 1. The molecular formula is C21H28N2O2. The normalized spacial score (nSPS) is 11.7. The molecule has 0 saturated heterocycles. The third kappa shape index (κ3) is 6.59. The Labute approximate surface area is 150 Å². The van der Waals surface area contributed by atoms with E-state index in [1.165, 1.54) is 16.7 Å². The predicted octanol–water partition coefficient (Wildman–Crippen LogP) is 4.16.